The van der Waals surface area contributed by atoms with Gasteiger partial charge in [0.25, 0.3) is 0 Å². The smallest absolute Gasteiger partial charge is 0.160 e. The van der Waals surface area contributed by atoms with E-state index in [1.807, 2.05) is 6.07 Å². The molecule has 0 aromatic heterocycles. The van der Waals surface area contributed by atoms with Crippen LogP contribution >= 0.6 is 15.9 Å². The number of rotatable bonds is 5. The Labute approximate surface area is 122 Å². The van der Waals surface area contributed by atoms with Crippen molar-refractivity contribution >= 4 is 15.9 Å². The molecule has 0 spiro atoms. The van der Waals surface area contributed by atoms with Crippen molar-refractivity contribution in [2.75, 3.05) is 40.0 Å². The topological polar surface area (TPSA) is 41.9 Å². The van der Waals surface area contributed by atoms with Crippen LogP contribution in [0.1, 0.15) is 12.0 Å². The molecule has 1 heterocycles. The molecule has 106 valence electrons. The minimum absolute atomic E-state index is 0.173. The Bertz CT molecular complexity index is 419. The molecule has 1 saturated heterocycles. The lowest BCUT2D eigenvalue weighted by atomic mass is 10.1. The van der Waals surface area contributed by atoms with E-state index in [4.69, 9.17) is 9.47 Å². The summed E-state index contributed by atoms with van der Waals surface area (Å²) in [4.78, 5) is 2.43. The van der Waals surface area contributed by atoms with Crippen LogP contribution in [0.25, 0.3) is 0 Å². The largest absolute Gasteiger partial charge is 0.504 e. The first-order chi connectivity index (χ1) is 9.20. The van der Waals surface area contributed by atoms with E-state index in [9.17, 15) is 5.11 Å². The highest BCUT2D eigenvalue weighted by molar-refractivity contribution is 9.10. The standard InChI is InChI=1S/C14H20BrNO3/c1-18-14-9-11(12(15)10-13(14)17)3-2-4-16-5-7-19-8-6-16/h9-10,17H,2-8H2,1H3. The SMILES string of the molecule is COc1cc(CCCN2CCOCC2)c(Br)cc1O. The minimum Gasteiger partial charge on any atom is -0.504 e. The maximum atomic E-state index is 9.67. The van der Waals surface area contributed by atoms with Crippen LogP contribution in [-0.4, -0.2) is 50.0 Å². The highest BCUT2D eigenvalue weighted by atomic mass is 79.9. The quantitative estimate of drug-likeness (QED) is 0.900. The molecule has 1 fully saturated rings. The fourth-order valence-electron chi connectivity index (χ4n) is 2.26. The van der Waals surface area contributed by atoms with Gasteiger partial charge in [-0.25, -0.2) is 0 Å². The van der Waals surface area contributed by atoms with E-state index in [1.165, 1.54) is 5.56 Å². The van der Waals surface area contributed by atoms with Crippen LogP contribution in [-0.2, 0) is 11.2 Å². The summed E-state index contributed by atoms with van der Waals surface area (Å²) in [5.74, 6) is 0.705. The molecule has 5 heteroatoms. The summed E-state index contributed by atoms with van der Waals surface area (Å²) in [7, 11) is 1.57. The van der Waals surface area contributed by atoms with Crippen LogP contribution < -0.4 is 4.74 Å². The van der Waals surface area contributed by atoms with Crippen molar-refractivity contribution < 1.29 is 14.6 Å². The molecule has 0 amide bonds. The number of morpholine rings is 1. The molecule has 1 aromatic carbocycles. The van der Waals surface area contributed by atoms with E-state index in [1.54, 1.807) is 13.2 Å². The second-order valence-corrected chi connectivity index (χ2v) is 5.53. The van der Waals surface area contributed by atoms with Crippen LogP contribution in [0.5, 0.6) is 11.5 Å². The number of halogens is 1. The summed E-state index contributed by atoms with van der Waals surface area (Å²) in [5.41, 5.74) is 1.17. The summed E-state index contributed by atoms with van der Waals surface area (Å²) in [6.45, 7) is 4.83. The molecule has 0 unspecified atom stereocenters. The predicted octanol–water partition coefficient (Wildman–Crippen LogP) is 2.43. The zero-order chi connectivity index (χ0) is 13.7. The number of hydrogen-bond acceptors (Lipinski definition) is 4. The van der Waals surface area contributed by atoms with Crippen molar-refractivity contribution in [2.24, 2.45) is 0 Å². The van der Waals surface area contributed by atoms with Gasteiger partial charge in [0.2, 0.25) is 0 Å². The van der Waals surface area contributed by atoms with Gasteiger partial charge in [0, 0.05) is 17.6 Å². The van der Waals surface area contributed by atoms with Gasteiger partial charge in [-0.15, -0.1) is 0 Å². The van der Waals surface area contributed by atoms with Crippen molar-refractivity contribution in [3.8, 4) is 11.5 Å². The highest BCUT2D eigenvalue weighted by Crippen LogP contribution is 2.32. The highest BCUT2D eigenvalue weighted by Gasteiger charge is 2.11. The third-order valence-electron chi connectivity index (χ3n) is 3.37. The summed E-state index contributed by atoms with van der Waals surface area (Å²) < 4.78 is 11.4. The Hall–Kier alpha value is -0.780. The van der Waals surface area contributed by atoms with E-state index in [-0.39, 0.29) is 5.75 Å². The fourth-order valence-corrected chi connectivity index (χ4v) is 2.79. The van der Waals surface area contributed by atoms with Crippen LogP contribution in [0.15, 0.2) is 16.6 Å². The normalized spacial score (nSPS) is 16.5. The van der Waals surface area contributed by atoms with Gasteiger partial charge in [-0.2, -0.15) is 0 Å². The third-order valence-corrected chi connectivity index (χ3v) is 4.11. The monoisotopic (exact) mass is 329 g/mol. The Balaban J connectivity index is 1.88. The van der Waals surface area contributed by atoms with Crippen LogP contribution in [0, 0.1) is 0 Å². The fraction of sp³-hybridized carbons (Fsp3) is 0.571. The zero-order valence-electron chi connectivity index (χ0n) is 11.2. The number of aryl methyl sites for hydroxylation is 1. The first kappa shape index (κ1) is 14.6. The molecule has 0 radical (unpaired) electrons. The number of ether oxygens (including phenoxy) is 2. The molecule has 0 bridgehead atoms. The Morgan fingerprint density at radius 3 is 2.79 bits per heavy atom. The summed E-state index contributed by atoms with van der Waals surface area (Å²) in [6.07, 6.45) is 2.06. The van der Waals surface area contributed by atoms with Crippen LogP contribution in [0.4, 0.5) is 0 Å². The van der Waals surface area contributed by atoms with Gasteiger partial charge < -0.3 is 14.6 Å². The Morgan fingerprint density at radius 2 is 2.11 bits per heavy atom. The number of methoxy groups -OCH3 is 1. The molecule has 19 heavy (non-hydrogen) atoms. The van der Waals surface area contributed by atoms with E-state index in [0.29, 0.717) is 5.75 Å². The van der Waals surface area contributed by atoms with Gasteiger partial charge in [0.15, 0.2) is 11.5 Å². The lowest BCUT2D eigenvalue weighted by Crippen LogP contribution is -2.36. The molecule has 1 aliphatic heterocycles. The second-order valence-electron chi connectivity index (χ2n) is 4.67. The average molecular weight is 330 g/mol. The maximum absolute atomic E-state index is 9.67. The molecule has 1 aromatic rings. The lowest BCUT2D eigenvalue weighted by molar-refractivity contribution is 0.0374. The lowest BCUT2D eigenvalue weighted by Gasteiger charge is -2.26. The third kappa shape index (κ3) is 4.09. The van der Waals surface area contributed by atoms with E-state index in [0.717, 1.165) is 50.2 Å². The van der Waals surface area contributed by atoms with E-state index in [2.05, 4.69) is 20.8 Å². The predicted molar refractivity (Wildman–Crippen MR) is 77.9 cm³/mol. The minimum atomic E-state index is 0.173. The van der Waals surface area contributed by atoms with Gasteiger partial charge >= 0.3 is 0 Å². The van der Waals surface area contributed by atoms with Crippen molar-refractivity contribution in [3.05, 3.63) is 22.2 Å². The Kier molecular flexibility index (Phi) is 5.48. The van der Waals surface area contributed by atoms with Crippen LogP contribution in [0.3, 0.4) is 0 Å². The average Bonchev–Trinajstić information content (AvgIpc) is 2.42. The van der Waals surface area contributed by atoms with Gasteiger partial charge in [-0.05, 0) is 37.1 Å². The summed E-state index contributed by atoms with van der Waals surface area (Å²) in [6, 6.07) is 3.60. The molecule has 0 saturated carbocycles. The molecule has 0 atom stereocenters. The molecule has 1 N–H and O–H groups in total. The number of hydrogen-bond donors (Lipinski definition) is 1. The molecular formula is C14H20BrNO3. The van der Waals surface area contributed by atoms with E-state index < -0.39 is 0 Å². The van der Waals surface area contributed by atoms with Gasteiger partial charge in [-0.1, -0.05) is 15.9 Å². The molecule has 0 aliphatic carbocycles. The van der Waals surface area contributed by atoms with Crippen molar-refractivity contribution in [1.29, 1.82) is 0 Å². The van der Waals surface area contributed by atoms with Gasteiger partial charge in [0.1, 0.15) is 0 Å². The van der Waals surface area contributed by atoms with Gasteiger partial charge in [-0.3, -0.25) is 4.90 Å². The summed E-state index contributed by atoms with van der Waals surface area (Å²) >= 11 is 3.49. The molecular weight excluding hydrogens is 310 g/mol. The van der Waals surface area contributed by atoms with E-state index >= 15 is 0 Å². The first-order valence-corrected chi connectivity index (χ1v) is 7.35. The number of nitrogens with zero attached hydrogens (tertiary/aromatic N) is 1. The summed E-state index contributed by atoms with van der Waals surface area (Å²) in [5, 5.41) is 9.67. The number of phenols is 1. The molecule has 1 aliphatic rings. The van der Waals surface area contributed by atoms with Crippen molar-refractivity contribution in [2.45, 2.75) is 12.8 Å². The van der Waals surface area contributed by atoms with Crippen molar-refractivity contribution in [3.63, 3.8) is 0 Å². The number of phenolic OH excluding ortho intramolecular Hbond substituents is 1. The number of aromatic hydroxyl groups is 1. The first-order valence-electron chi connectivity index (χ1n) is 6.56. The zero-order valence-corrected chi connectivity index (χ0v) is 12.8. The molecule has 4 nitrogen and oxygen atoms in total. The molecule has 2 rings (SSSR count). The number of benzene rings is 1. The van der Waals surface area contributed by atoms with Gasteiger partial charge in [0.05, 0.1) is 20.3 Å². The van der Waals surface area contributed by atoms with Crippen molar-refractivity contribution in [1.82, 2.24) is 4.90 Å². The Morgan fingerprint density at radius 1 is 1.37 bits per heavy atom. The van der Waals surface area contributed by atoms with Crippen LogP contribution in [0.2, 0.25) is 0 Å². The second kappa shape index (κ2) is 7.12. The maximum Gasteiger partial charge on any atom is 0.160 e.